The van der Waals surface area contributed by atoms with Crippen molar-refractivity contribution < 1.29 is 4.74 Å². The molecule has 0 saturated carbocycles. The topological polar surface area (TPSA) is 34.1 Å². The molecule has 0 aliphatic rings. The summed E-state index contributed by atoms with van der Waals surface area (Å²) in [4.78, 5) is 4.00. The summed E-state index contributed by atoms with van der Waals surface area (Å²) in [7, 11) is 1.72. The van der Waals surface area contributed by atoms with Crippen LogP contribution < -0.4 is 5.32 Å². The highest BCUT2D eigenvalue weighted by atomic mass is 35.5. The Balaban J connectivity index is 2.42. The van der Waals surface area contributed by atoms with Crippen molar-refractivity contribution in [3.05, 3.63) is 23.5 Å². The Morgan fingerprint density at radius 3 is 2.87 bits per heavy atom. The van der Waals surface area contributed by atoms with Gasteiger partial charge in [-0.05, 0) is 26.3 Å². The first kappa shape index (κ1) is 12.3. The van der Waals surface area contributed by atoms with E-state index in [0.717, 1.165) is 18.7 Å². The molecule has 0 aliphatic carbocycles. The maximum atomic E-state index is 5.97. The minimum Gasteiger partial charge on any atom is -0.382 e. The lowest BCUT2D eigenvalue weighted by Crippen LogP contribution is -2.25. The van der Waals surface area contributed by atoms with Gasteiger partial charge in [-0.15, -0.1) is 0 Å². The number of nitrogens with one attached hydrogen (secondary N) is 1. The van der Waals surface area contributed by atoms with Gasteiger partial charge in [-0.25, -0.2) is 0 Å². The summed E-state index contributed by atoms with van der Waals surface area (Å²) in [6, 6.07) is 1.77. The number of anilines is 1. The molecule has 0 fully saturated rings. The SMILES string of the molecule is COC(C)(C)CCNc1cnccc1Cl. The first-order valence-electron chi connectivity index (χ1n) is 4.94. The average Bonchev–Trinajstić information content (AvgIpc) is 2.21. The Kier molecular flexibility index (Phi) is 4.36. The largest absolute Gasteiger partial charge is 0.382 e. The van der Waals surface area contributed by atoms with Crippen LogP contribution in [0.1, 0.15) is 20.3 Å². The van der Waals surface area contributed by atoms with E-state index in [4.69, 9.17) is 16.3 Å². The number of pyridine rings is 1. The van der Waals surface area contributed by atoms with E-state index < -0.39 is 0 Å². The number of ether oxygens (including phenoxy) is 1. The first-order valence-corrected chi connectivity index (χ1v) is 5.31. The molecule has 0 bridgehead atoms. The molecule has 0 spiro atoms. The van der Waals surface area contributed by atoms with Crippen molar-refractivity contribution in [1.29, 1.82) is 0 Å². The fourth-order valence-corrected chi connectivity index (χ4v) is 1.28. The molecule has 0 atom stereocenters. The first-order chi connectivity index (χ1) is 7.05. The molecular formula is C11H17ClN2O. The Morgan fingerprint density at radius 2 is 2.27 bits per heavy atom. The van der Waals surface area contributed by atoms with Crippen molar-refractivity contribution in [1.82, 2.24) is 4.98 Å². The quantitative estimate of drug-likeness (QED) is 0.842. The van der Waals surface area contributed by atoms with Gasteiger partial charge in [0, 0.05) is 19.9 Å². The maximum absolute atomic E-state index is 5.97. The van der Waals surface area contributed by atoms with Gasteiger partial charge in [0.2, 0.25) is 0 Å². The standard InChI is InChI=1S/C11H17ClN2O/c1-11(2,15-3)5-7-14-10-8-13-6-4-9(10)12/h4,6,8,14H,5,7H2,1-3H3. The van der Waals surface area contributed by atoms with E-state index in [1.54, 1.807) is 25.6 Å². The lowest BCUT2D eigenvalue weighted by molar-refractivity contribution is 0.0185. The van der Waals surface area contributed by atoms with E-state index in [0.29, 0.717) is 5.02 Å². The molecule has 4 heteroatoms. The highest BCUT2D eigenvalue weighted by Gasteiger charge is 2.15. The van der Waals surface area contributed by atoms with E-state index in [1.807, 2.05) is 0 Å². The zero-order chi connectivity index (χ0) is 11.3. The van der Waals surface area contributed by atoms with Crippen LogP contribution >= 0.6 is 11.6 Å². The molecule has 1 heterocycles. The van der Waals surface area contributed by atoms with E-state index in [9.17, 15) is 0 Å². The number of halogens is 1. The summed E-state index contributed by atoms with van der Waals surface area (Å²) >= 11 is 5.97. The highest BCUT2D eigenvalue weighted by Crippen LogP contribution is 2.20. The van der Waals surface area contributed by atoms with Gasteiger partial charge in [0.1, 0.15) is 0 Å². The summed E-state index contributed by atoms with van der Waals surface area (Å²) in [5.74, 6) is 0. The molecule has 0 aromatic carbocycles. The molecule has 0 aliphatic heterocycles. The van der Waals surface area contributed by atoms with E-state index in [1.165, 1.54) is 0 Å². The lowest BCUT2D eigenvalue weighted by Gasteiger charge is -2.23. The molecule has 0 radical (unpaired) electrons. The third kappa shape index (κ3) is 4.06. The van der Waals surface area contributed by atoms with Gasteiger partial charge in [0.05, 0.1) is 22.5 Å². The number of hydrogen-bond donors (Lipinski definition) is 1. The minimum atomic E-state index is -0.109. The second kappa shape index (κ2) is 5.33. The zero-order valence-electron chi connectivity index (χ0n) is 9.38. The van der Waals surface area contributed by atoms with Crippen molar-refractivity contribution in [3.8, 4) is 0 Å². The van der Waals surface area contributed by atoms with Crippen LogP contribution in [-0.2, 0) is 4.74 Å². The van der Waals surface area contributed by atoms with Crippen LogP contribution in [0.3, 0.4) is 0 Å². The molecule has 0 saturated heterocycles. The Morgan fingerprint density at radius 1 is 1.53 bits per heavy atom. The molecule has 3 nitrogen and oxygen atoms in total. The third-order valence-corrected chi connectivity index (χ3v) is 2.69. The van der Waals surface area contributed by atoms with E-state index >= 15 is 0 Å². The third-order valence-electron chi connectivity index (χ3n) is 2.36. The van der Waals surface area contributed by atoms with Gasteiger partial charge in [-0.2, -0.15) is 0 Å². The van der Waals surface area contributed by atoms with E-state index in [-0.39, 0.29) is 5.60 Å². The van der Waals surface area contributed by atoms with Crippen molar-refractivity contribution in [2.24, 2.45) is 0 Å². The molecule has 1 aromatic rings. The summed E-state index contributed by atoms with van der Waals surface area (Å²) in [6.07, 6.45) is 4.31. The van der Waals surface area contributed by atoms with Crippen molar-refractivity contribution in [2.75, 3.05) is 19.0 Å². The van der Waals surface area contributed by atoms with Crippen molar-refractivity contribution in [3.63, 3.8) is 0 Å². The lowest BCUT2D eigenvalue weighted by atomic mass is 10.1. The van der Waals surface area contributed by atoms with Crippen molar-refractivity contribution >= 4 is 17.3 Å². The van der Waals surface area contributed by atoms with Gasteiger partial charge in [0.25, 0.3) is 0 Å². The summed E-state index contributed by atoms with van der Waals surface area (Å²) < 4.78 is 5.32. The van der Waals surface area contributed by atoms with Gasteiger partial charge < -0.3 is 10.1 Å². The molecular weight excluding hydrogens is 212 g/mol. The number of aromatic nitrogens is 1. The fraction of sp³-hybridized carbons (Fsp3) is 0.545. The summed E-state index contributed by atoms with van der Waals surface area (Å²) in [6.45, 7) is 4.92. The Hall–Kier alpha value is -0.800. The average molecular weight is 229 g/mol. The van der Waals surface area contributed by atoms with Crippen LogP contribution in [-0.4, -0.2) is 24.2 Å². The molecule has 84 valence electrons. The van der Waals surface area contributed by atoms with Crippen LogP contribution in [0.15, 0.2) is 18.5 Å². The molecule has 1 rings (SSSR count). The highest BCUT2D eigenvalue weighted by molar-refractivity contribution is 6.33. The molecule has 1 aromatic heterocycles. The summed E-state index contributed by atoms with van der Waals surface area (Å²) in [5.41, 5.74) is 0.757. The Bertz CT molecular complexity index is 315. The maximum Gasteiger partial charge on any atom is 0.0716 e. The minimum absolute atomic E-state index is 0.109. The molecule has 0 unspecified atom stereocenters. The van der Waals surface area contributed by atoms with Crippen LogP contribution in [0.4, 0.5) is 5.69 Å². The molecule has 15 heavy (non-hydrogen) atoms. The van der Waals surface area contributed by atoms with E-state index in [2.05, 4.69) is 24.1 Å². The Labute approximate surface area is 95.8 Å². The summed E-state index contributed by atoms with van der Waals surface area (Å²) in [5, 5.41) is 3.92. The number of rotatable bonds is 5. The number of nitrogens with zero attached hydrogens (tertiary/aromatic N) is 1. The second-order valence-electron chi connectivity index (χ2n) is 4.00. The predicted octanol–water partition coefficient (Wildman–Crippen LogP) is 2.96. The predicted molar refractivity (Wildman–Crippen MR) is 63.4 cm³/mol. The smallest absolute Gasteiger partial charge is 0.0716 e. The number of hydrogen-bond acceptors (Lipinski definition) is 3. The zero-order valence-corrected chi connectivity index (χ0v) is 10.1. The monoisotopic (exact) mass is 228 g/mol. The van der Waals surface area contributed by atoms with Crippen molar-refractivity contribution in [2.45, 2.75) is 25.9 Å². The normalized spacial score (nSPS) is 11.5. The van der Waals surface area contributed by atoms with Gasteiger partial charge >= 0.3 is 0 Å². The van der Waals surface area contributed by atoms with Crippen LogP contribution in [0, 0.1) is 0 Å². The molecule has 0 amide bonds. The second-order valence-corrected chi connectivity index (χ2v) is 4.40. The van der Waals surface area contributed by atoms with Gasteiger partial charge in [0.15, 0.2) is 0 Å². The number of methoxy groups -OCH3 is 1. The van der Waals surface area contributed by atoms with Crippen LogP contribution in [0.5, 0.6) is 0 Å². The molecule has 1 N–H and O–H groups in total. The van der Waals surface area contributed by atoms with Gasteiger partial charge in [-0.1, -0.05) is 11.6 Å². The van der Waals surface area contributed by atoms with Crippen LogP contribution in [0.25, 0.3) is 0 Å². The van der Waals surface area contributed by atoms with Gasteiger partial charge in [-0.3, -0.25) is 4.98 Å². The fourth-order valence-electron chi connectivity index (χ4n) is 1.11. The van der Waals surface area contributed by atoms with Crippen LogP contribution in [0.2, 0.25) is 5.02 Å².